The Labute approximate surface area is 372 Å². The summed E-state index contributed by atoms with van der Waals surface area (Å²) >= 11 is 0. The minimum atomic E-state index is 0.510. The topological polar surface area (TPSA) is 14.8 Å². The summed E-state index contributed by atoms with van der Waals surface area (Å²) in [5, 5.41) is 7.36. The lowest BCUT2D eigenvalue weighted by Gasteiger charge is -2.15. The van der Waals surface area contributed by atoms with E-state index in [4.69, 9.17) is 0 Å². The largest absolute Gasteiger partial charge is 0.309 e. The molecule has 1 aliphatic carbocycles. The highest BCUT2D eigenvalue weighted by Gasteiger charge is 2.26. The highest BCUT2D eigenvalue weighted by atomic mass is 15.0. The molecule has 304 valence electrons. The van der Waals surface area contributed by atoms with Crippen molar-refractivity contribution in [2.75, 3.05) is 0 Å². The van der Waals surface area contributed by atoms with Gasteiger partial charge in [-0.15, -0.1) is 0 Å². The third-order valence-corrected chi connectivity index (χ3v) is 13.3. The van der Waals surface area contributed by atoms with Gasteiger partial charge in [0.05, 0.1) is 33.1 Å². The number of para-hydroxylation sites is 1. The zero-order valence-electron chi connectivity index (χ0n) is 35.7. The van der Waals surface area contributed by atoms with E-state index in [-0.39, 0.29) is 0 Å². The summed E-state index contributed by atoms with van der Waals surface area (Å²) in [6.45, 7) is 10.4. The number of hydrogen-bond acceptors (Lipinski definition) is 0. The molecule has 3 nitrogen and oxygen atoms in total. The first kappa shape index (κ1) is 37.6. The molecule has 3 aromatic heterocycles. The predicted molar refractivity (Wildman–Crippen MR) is 275 cm³/mol. The Bertz CT molecular complexity index is 3770. The van der Waals surface area contributed by atoms with Gasteiger partial charge < -0.3 is 13.7 Å². The molecule has 12 rings (SSSR count). The fraction of sp³-hybridized carbons (Fsp3) is 0.0492. The molecule has 0 amide bonds. The van der Waals surface area contributed by atoms with Crippen LogP contribution in [0.4, 0.5) is 0 Å². The van der Waals surface area contributed by atoms with Crippen molar-refractivity contribution in [2.24, 2.45) is 5.92 Å². The number of fused-ring (bicyclic) bond motifs is 11. The van der Waals surface area contributed by atoms with Crippen molar-refractivity contribution in [2.45, 2.75) is 13.3 Å². The van der Waals surface area contributed by atoms with E-state index in [2.05, 4.69) is 228 Å². The number of aromatic nitrogens is 3. The maximum absolute atomic E-state index is 4.14. The van der Waals surface area contributed by atoms with E-state index >= 15 is 0 Å². The fourth-order valence-corrected chi connectivity index (χ4v) is 10.3. The summed E-state index contributed by atoms with van der Waals surface area (Å²) in [6.07, 6.45) is 13.8. The highest BCUT2D eigenvalue weighted by Crippen LogP contribution is 2.47. The van der Waals surface area contributed by atoms with Crippen LogP contribution >= 0.6 is 0 Å². The third-order valence-electron chi connectivity index (χ3n) is 13.3. The minimum Gasteiger partial charge on any atom is -0.309 e. The van der Waals surface area contributed by atoms with E-state index in [1.807, 2.05) is 18.2 Å². The van der Waals surface area contributed by atoms with Gasteiger partial charge in [-0.3, -0.25) is 0 Å². The Balaban J connectivity index is 1.27. The van der Waals surface area contributed by atoms with Crippen molar-refractivity contribution in [1.29, 1.82) is 0 Å². The molecule has 0 aliphatic heterocycles. The van der Waals surface area contributed by atoms with Gasteiger partial charge in [0, 0.05) is 49.4 Å². The Kier molecular flexibility index (Phi) is 8.84. The number of nitrogens with zero attached hydrogens (tertiary/aromatic N) is 3. The molecular formula is C61H45N3. The van der Waals surface area contributed by atoms with Crippen LogP contribution in [0.25, 0.3) is 110 Å². The smallest absolute Gasteiger partial charge is 0.0641 e. The van der Waals surface area contributed by atoms with Crippen LogP contribution in [0, 0.1) is 5.92 Å². The van der Waals surface area contributed by atoms with Gasteiger partial charge in [0.25, 0.3) is 0 Å². The van der Waals surface area contributed by atoms with Crippen LogP contribution in [0.3, 0.4) is 0 Å². The Hall–Kier alpha value is -8.14. The molecule has 1 atom stereocenters. The minimum absolute atomic E-state index is 0.510. The Morgan fingerprint density at radius 1 is 0.500 bits per heavy atom. The van der Waals surface area contributed by atoms with Crippen molar-refractivity contribution in [3.05, 3.63) is 231 Å². The third kappa shape index (κ3) is 5.82. The van der Waals surface area contributed by atoms with Crippen molar-refractivity contribution in [1.82, 2.24) is 13.7 Å². The van der Waals surface area contributed by atoms with E-state index in [1.54, 1.807) is 0 Å². The van der Waals surface area contributed by atoms with Gasteiger partial charge in [-0.25, -0.2) is 0 Å². The second kappa shape index (κ2) is 15.0. The number of benzene rings is 8. The molecule has 1 aliphatic rings. The van der Waals surface area contributed by atoms with E-state index < -0.39 is 0 Å². The molecule has 0 radical (unpaired) electrons. The maximum atomic E-state index is 4.14. The molecule has 11 aromatic rings. The second-order valence-corrected chi connectivity index (χ2v) is 17.1. The summed E-state index contributed by atoms with van der Waals surface area (Å²) in [5.41, 5.74) is 17.5. The molecule has 0 bridgehead atoms. The average molecular weight is 820 g/mol. The van der Waals surface area contributed by atoms with Gasteiger partial charge >= 0.3 is 0 Å². The molecule has 0 N–H and O–H groups in total. The number of allylic oxidation sites excluding steroid dienone is 8. The van der Waals surface area contributed by atoms with Crippen molar-refractivity contribution in [3.8, 4) is 33.6 Å². The summed E-state index contributed by atoms with van der Waals surface area (Å²) in [4.78, 5) is 0. The van der Waals surface area contributed by atoms with Gasteiger partial charge in [-0.05, 0) is 112 Å². The first-order valence-corrected chi connectivity index (χ1v) is 22.2. The standard InChI is InChI=1S/C61H45N3/c1-4-16-41(5-2)44-21-15-24-49(37-44)63-55-34-28-46(43-19-11-7-12-20-43)39-53(55)59-57(63)36-32-51-50-31-35-56-58(60(50)64(61(51)59)47-22-13-8-14-23-47)52-38-45(42-17-9-6-10-18-42)27-33-54(52)62(56)48-29-25-40(3)26-30-48/h4-25,27-40H,1-2,26H2,3H3/b41-16+. The van der Waals surface area contributed by atoms with E-state index in [9.17, 15) is 0 Å². The van der Waals surface area contributed by atoms with Crippen LogP contribution in [0.1, 0.15) is 18.9 Å². The number of rotatable bonds is 8. The van der Waals surface area contributed by atoms with E-state index in [1.165, 1.54) is 82.3 Å². The SMILES string of the molecule is C=C/C=C(\C=C)c1cccc(-n2c3ccc(-c4ccccc4)cc3c3c2ccc2c4ccc5c(c6cc(-c7ccccc7)ccc6n5C5=CCC(C)C=C5)c4n(-c4ccccc4)c23)c1. The highest BCUT2D eigenvalue weighted by molar-refractivity contribution is 6.32. The average Bonchev–Trinajstić information content (AvgIpc) is 3.99. The molecule has 1 unspecified atom stereocenters. The molecule has 0 saturated carbocycles. The van der Waals surface area contributed by atoms with Gasteiger partial charge in [0.2, 0.25) is 0 Å². The summed E-state index contributed by atoms with van der Waals surface area (Å²) < 4.78 is 7.51. The molecule has 0 spiro atoms. The normalized spacial score (nSPS) is 14.4. The zero-order chi connectivity index (χ0) is 42.9. The van der Waals surface area contributed by atoms with Crippen LogP contribution in [0.5, 0.6) is 0 Å². The quantitative estimate of drug-likeness (QED) is 0.136. The second-order valence-electron chi connectivity index (χ2n) is 17.1. The fourth-order valence-electron chi connectivity index (χ4n) is 10.3. The summed E-state index contributed by atoms with van der Waals surface area (Å²) in [5.74, 6) is 0.510. The molecule has 0 saturated heterocycles. The summed E-state index contributed by atoms with van der Waals surface area (Å²) in [7, 11) is 0. The zero-order valence-corrected chi connectivity index (χ0v) is 35.7. The Morgan fingerprint density at radius 2 is 1.05 bits per heavy atom. The van der Waals surface area contributed by atoms with Crippen molar-refractivity contribution >= 4 is 76.7 Å². The lowest BCUT2D eigenvalue weighted by Crippen LogP contribution is -2.01. The molecule has 0 fully saturated rings. The first-order chi connectivity index (χ1) is 31.6. The van der Waals surface area contributed by atoms with Gasteiger partial charge in [-0.2, -0.15) is 0 Å². The first-order valence-electron chi connectivity index (χ1n) is 22.2. The molecular weight excluding hydrogens is 775 g/mol. The van der Waals surface area contributed by atoms with Crippen LogP contribution < -0.4 is 0 Å². The lowest BCUT2D eigenvalue weighted by atomic mass is 10.0. The summed E-state index contributed by atoms with van der Waals surface area (Å²) in [6, 6.07) is 64.7. The van der Waals surface area contributed by atoms with Gasteiger partial charge in [-0.1, -0.05) is 166 Å². The predicted octanol–water partition coefficient (Wildman–Crippen LogP) is 16.5. The van der Waals surface area contributed by atoms with Gasteiger partial charge in [0.15, 0.2) is 0 Å². The monoisotopic (exact) mass is 819 g/mol. The van der Waals surface area contributed by atoms with Crippen LogP contribution in [0.2, 0.25) is 0 Å². The van der Waals surface area contributed by atoms with Crippen LogP contribution in [-0.4, -0.2) is 13.7 Å². The van der Waals surface area contributed by atoms with Gasteiger partial charge in [0.1, 0.15) is 0 Å². The van der Waals surface area contributed by atoms with E-state index in [0.29, 0.717) is 5.92 Å². The van der Waals surface area contributed by atoms with Crippen molar-refractivity contribution < 1.29 is 0 Å². The number of hydrogen-bond donors (Lipinski definition) is 0. The molecule has 3 heteroatoms. The maximum Gasteiger partial charge on any atom is 0.0641 e. The lowest BCUT2D eigenvalue weighted by molar-refractivity contribution is 0.735. The molecule has 3 heterocycles. The Morgan fingerprint density at radius 3 is 1.61 bits per heavy atom. The van der Waals surface area contributed by atoms with E-state index in [0.717, 1.165) is 40.0 Å². The van der Waals surface area contributed by atoms with Crippen LogP contribution in [0.15, 0.2) is 226 Å². The molecule has 8 aromatic carbocycles. The van der Waals surface area contributed by atoms with Crippen molar-refractivity contribution in [3.63, 3.8) is 0 Å². The van der Waals surface area contributed by atoms with Crippen LogP contribution in [-0.2, 0) is 0 Å². The molecule has 64 heavy (non-hydrogen) atoms.